The zero-order chi connectivity index (χ0) is 21.3. The van der Waals surface area contributed by atoms with Crippen molar-refractivity contribution >= 4 is 15.9 Å². The number of carbonyl (C=O) groups excluding carboxylic acids is 1. The molecule has 29 heavy (non-hydrogen) atoms. The second kappa shape index (κ2) is 11.1. The molecule has 0 bridgehead atoms. The van der Waals surface area contributed by atoms with Crippen molar-refractivity contribution < 1.29 is 13.2 Å². The fraction of sp³-hybridized carbons (Fsp3) is 0.409. The first-order chi connectivity index (χ1) is 13.9. The lowest BCUT2D eigenvalue weighted by Gasteiger charge is -2.30. The number of benzene rings is 2. The summed E-state index contributed by atoms with van der Waals surface area (Å²) in [6.45, 7) is 8.39. The SMILES string of the molecule is CCN(CC)C(CNC(=O)CCNS(=O)(=O)c1ccc(C)cc1)c1ccccc1. The van der Waals surface area contributed by atoms with Gasteiger partial charge < -0.3 is 5.32 Å². The molecule has 0 heterocycles. The fourth-order valence-electron chi connectivity index (χ4n) is 3.20. The highest BCUT2D eigenvalue weighted by Crippen LogP contribution is 2.19. The molecule has 2 rings (SSSR count). The molecule has 0 aromatic heterocycles. The molecule has 0 radical (unpaired) electrons. The van der Waals surface area contributed by atoms with Crippen molar-refractivity contribution in [2.45, 2.75) is 38.1 Å². The number of nitrogens with zero attached hydrogens (tertiary/aromatic N) is 1. The van der Waals surface area contributed by atoms with Crippen LogP contribution in [0, 0.1) is 6.92 Å². The summed E-state index contributed by atoms with van der Waals surface area (Å²) in [6.07, 6.45) is 0.0881. The van der Waals surface area contributed by atoms with E-state index in [0.717, 1.165) is 24.2 Å². The van der Waals surface area contributed by atoms with Crippen LogP contribution >= 0.6 is 0 Å². The number of carbonyl (C=O) groups is 1. The van der Waals surface area contributed by atoms with E-state index >= 15 is 0 Å². The molecule has 0 spiro atoms. The summed E-state index contributed by atoms with van der Waals surface area (Å²) in [5.41, 5.74) is 2.14. The quantitative estimate of drug-likeness (QED) is 0.589. The third-order valence-electron chi connectivity index (χ3n) is 4.91. The van der Waals surface area contributed by atoms with Crippen LogP contribution in [0.4, 0.5) is 0 Å². The van der Waals surface area contributed by atoms with E-state index in [-0.39, 0.29) is 29.8 Å². The lowest BCUT2D eigenvalue weighted by Crippen LogP contribution is -2.39. The van der Waals surface area contributed by atoms with Crippen molar-refractivity contribution in [1.82, 2.24) is 14.9 Å². The Hall–Kier alpha value is -2.22. The van der Waals surface area contributed by atoms with Gasteiger partial charge in [0, 0.05) is 19.5 Å². The topological polar surface area (TPSA) is 78.5 Å². The second-order valence-corrected chi connectivity index (χ2v) is 8.68. The molecule has 1 atom stereocenters. The molecule has 0 fully saturated rings. The minimum atomic E-state index is -3.61. The molecular weight excluding hydrogens is 386 g/mol. The number of hydrogen-bond acceptors (Lipinski definition) is 4. The molecule has 0 aliphatic rings. The first kappa shape index (κ1) is 23.1. The van der Waals surface area contributed by atoms with Gasteiger partial charge in [-0.25, -0.2) is 13.1 Å². The normalized spacial score (nSPS) is 12.7. The van der Waals surface area contributed by atoms with Crippen LogP contribution in [0.5, 0.6) is 0 Å². The van der Waals surface area contributed by atoms with Crippen LogP contribution in [0.1, 0.15) is 37.4 Å². The zero-order valence-electron chi connectivity index (χ0n) is 17.4. The number of rotatable bonds is 11. The Morgan fingerprint density at radius 3 is 2.21 bits per heavy atom. The average Bonchev–Trinajstić information content (AvgIpc) is 2.72. The Balaban J connectivity index is 1.88. The van der Waals surface area contributed by atoms with Crippen LogP contribution in [0.25, 0.3) is 0 Å². The first-order valence-corrected chi connectivity index (χ1v) is 11.5. The summed E-state index contributed by atoms with van der Waals surface area (Å²) in [7, 11) is -3.61. The van der Waals surface area contributed by atoms with E-state index in [9.17, 15) is 13.2 Å². The molecule has 6 nitrogen and oxygen atoms in total. The van der Waals surface area contributed by atoms with Gasteiger partial charge in [-0.05, 0) is 37.7 Å². The molecular formula is C22H31N3O3S. The van der Waals surface area contributed by atoms with Gasteiger partial charge in [-0.1, -0.05) is 61.9 Å². The van der Waals surface area contributed by atoms with Crippen molar-refractivity contribution in [3.05, 3.63) is 65.7 Å². The van der Waals surface area contributed by atoms with E-state index < -0.39 is 10.0 Å². The zero-order valence-corrected chi connectivity index (χ0v) is 18.2. The predicted octanol–water partition coefficient (Wildman–Crippen LogP) is 2.86. The molecule has 2 aromatic rings. The van der Waals surface area contributed by atoms with Crippen molar-refractivity contribution in [2.24, 2.45) is 0 Å². The van der Waals surface area contributed by atoms with E-state index in [1.165, 1.54) is 0 Å². The van der Waals surface area contributed by atoms with E-state index in [2.05, 4.69) is 40.9 Å². The van der Waals surface area contributed by atoms with Gasteiger partial charge in [0.05, 0.1) is 10.9 Å². The molecule has 7 heteroatoms. The molecule has 1 unspecified atom stereocenters. The van der Waals surface area contributed by atoms with Crippen LogP contribution in [0.15, 0.2) is 59.5 Å². The van der Waals surface area contributed by atoms with Gasteiger partial charge in [0.25, 0.3) is 0 Å². The number of aryl methyl sites for hydroxylation is 1. The van der Waals surface area contributed by atoms with E-state index in [4.69, 9.17) is 0 Å². The molecule has 2 N–H and O–H groups in total. The van der Waals surface area contributed by atoms with Crippen LogP contribution < -0.4 is 10.0 Å². The Morgan fingerprint density at radius 1 is 1.00 bits per heavy atom. The molecule has 2 aromatic carbocycles. The van der Waals surface area contributed by atoms with Gasteiger partial charge in [-0.3, -0.25) is 9.69 Å². The van der Waals surface area contributed by atoms with Gasteiger partial charge >= 0.3 is 0 Å². The van der Waals surface area contributed by atoms with Gasteiger partial charge in [-0.2, -0.15) is 0 Å². The Labute approximate surface area is 174 Å². The maximum atomic E-state index is 12.3. The second-order valence-electron chi connectivity index (χ2n) is 6.91. The lowest BCUT2D eigenvalue weighted by molar-refractivity contribution is -0.121. The summed E-state index contributed by atoms with van der Waals surface area (Å²) < 4.78 is 27.1. The summed E-state index contributed by atoms with van der Waals surface area (Å²) in [6, 6.07) is 16.8. The highest BCUT2D eigenvalue weighted by molar-refractivity contribution is 7.89. The highest BCUT2D eigenvalue weighted by atomic mass is 32.2. The lowest BCUT2D eigenvalue weighted by atomic mass is 10.1. The number of nitrogens with one attached hydrogen (secondary N) is 2. The molecule has 158 valence electrons. The summed E-state index contributed by atoms with van der Waals surface area (Å²) in [5, 5.41) is 2.95. The minimum absolute atomic E-state index is 0.0588. The average molecular weight is 418 g/mol. The van der Waals surface area contributed by atoms with Crippen LogP contribution in [0.3, 0.4) is 0 Å². The Kier molecular flexibility index (Phi) is 8.82. The standard InChI is InChI=1S/C22H31N3O3S/c1-4-25(5-2)21(19-9-7-6-8-10-19)17-23-22(26)15-16-24-29(27,28)20-13-11-18(3)12-14-20/h6-14,21,24H,4-5,15-17H2,1-3H3,(H,23,26). The van der Waals surface area contributed by atoms with Crippen LogP contribution in [-0.2, 0) is 14.8 Å². The third-order valence-corrected chi connectivity index (χ3v) is 6.38. The number of hydrogen-bond donors (Lipinski definition) is 2. The number of sulfonamides is 1. The summed E-state index contributed by atoms with van der Waals surface area (Å²) in [5.74, 6) is -0.176. The van der Waals surface area contributed by atoms with E-state index in [0.29, 0.717) is 6.54 Å². The first-order valence-electron chi connectivity index (χ1n) is 9.99. The largest absolute Gasteiger partial charge is 0.354 e. The van der Waals surface area contributed by atoms with E-state index in [1.807, 2.05) is 25.1 Å². The summed E-state index contributed by atoms with van der Waals surface area (Å²) >= 11 is 0. The van der Waals surface area contributed by atoms with Crippen molar-refractivity contribution in [2.75, 3.05) is 26.2 Å². The van der Waals surface area contributed by atoms with Gasteiger partial charge in [0.1, 0.15) is 0 Å². The maximum absolute atomic E-state index is 12.3. The smallest absolute Gasteiger partial charge is 0.240 e. The van der Waals surface area contributed by atoms with Crippen LogP contribution in [-0.4, -0.2) is 45.4 Å². The fourth-order valence-corrected chi connectivity index (χ4v) is 4.23. The Morgan fingerprint density at radius 2 is 1.62 bits per heavy atom. The van der Waals surface area contributed by atoms with Crippen LogP contribution in [0.2, 0.25) is 0 Å². The van der Waals surface area contributed by atoms with Gasteiger partial charge in [0.15, 0.2) is 0 Å². The molecule has 0 aliphatic carbocycles. The van der Waals surface area contributed by atoms with Gasteiger partial charge in [0.2, 0.25) is 15.9 Å². The van der Waals surface area contributed by atoms with Crippen molar-refractivity contribution in [1.29, 1.82) is 0 Å². The molecule has 0 aliphatic heterocycles. The molecule has 1 amide bonds. The third kappa shape index (κ3) is 6.96. The monoisotopic (exact) mass is 417 g/mol. The number of amides is 1. The maximum Gasteiger partial charge on any atom is 0.240 e. The highest BCUT2D eigenvalue weighted by Gasteiger charge is 2.19. The van der Waals surface area contributed by atoms with E-state index in [1.54, 1.807) is 24.3 Å². The summed E-state index contributed by atoms with van der Waals surface area (Å²) in [4.78, 5) is 14.8. The van der Waals surface area contributed by atoms with Crippen molar-refractivity contribution in [3.8, 4) is 0 Å². The minimum Gasteiger partial charge on any atom is -0.354 e. The van der Waals surface area contributed by atoms with Gasteiger partial charge in [-0.15, -0.1) is 0 Å². The molecule has 0 saturated heterocycles. The Bertz CT molecular complexity index is 864. The van der Waals surface area contributed by atoms with Crippen molar-refractivity contribution in [3.63, 3.8) is 0 Å². The predicted molar refractivity (Wildman–Crippen MR) is 116 cm³/mol. The molecule has 0 saturated carbocycles. The number of likely N-dealkylation sites (N-methyl/N-ethyl adjacent to an activating group) is 1.